The van der Waals surface area contributed by atoms with E-state index in [0.717, 1.165) is 19.3 Å². The predicted octanol–water partition coefficient (Wildman–Crippen LogP) is 0.494. The largest absolute Gasteiger partial charge is 0.469 e. The zero-order valence-electron chi connectivity index (χ0n) is 7.15. The highest BCUT2D eigenvalue weighted by Gasteiger charge is 2.17. The van der Waals surface area contributed by atoms with E-state index in [9.17, 15) is 0 Å². The van der Waals surface area contributed by atoms with Crippen molar-refractivity contribution in [2.24, 2.45) is 5.73 Å². The molecule has 5 heteroatoms. The van der Waals surface area contributed by atoms with Crippen LogP contribution in [0.3, 0.4) is 0 Å². The van der Waals surface area contributed by atoms with E-state index in [0.29, 0.717) is 6.42 Å². The lowest BCUT2D eigenvalue weighted by atomic mass is 9.77. The number of halogens is 1. The van der Waals surface area contributed by atoms with E-state index >= 15 is 0 Å². The molecule has 4 N–H and O–H groups in total. The Morgan fingerprint density at radius 2 is 2.00 bits per heavy atom. The lowest BCUT2D eigenvalue weighted by Gasteiger charge is -2.08. The Morgan fingerprint density at radius 1 is 1.42 bits per heavy atom. The first kappa shape index (κ1) is 14.5. The summed E-state index contributed by atoms with van der Waals surface area (Å²) in [4.78, 5) is 0. The van der Waals surface area contributed by atoms with Gasteiger partial charge in [0.2, 0.25) is 0 Å². The smallest absolute Gasteiger partial charge is 0.426 e. The molecule has 0 aromatic carbocycles. The SMILES string of the molecule is C=CCCCC[C@@H](N)B(O)O.Cl. The maximum absolute atomic E-state index is 8.59. The Bertz CT molecular complexity index is 114. The van der Waals surface area contributed by atoms with Crippen molar-refractivity contribution >= 4 is 19.5 Å². The van der Waals surface area contributed by atoms with Crippen LogP contribution in [0.15, 0.2) is 12.7 Å². The second kappa shape index (κ2) is 9.07. The van der Waals surface area contributed by atoms with E-state index in [1.54, 1.807) is 0 Å². The van der Waals surface area contributed by atoms with Crippen LogP contribution in [0, 0.1) is 0 Å². The molecule has 0 aliphatic carbocycles. The minimum absolute atomic E-state index is 0. The summed E-state index contributed by atoms with van der Waals surface area (Å²) in [7, 11) is -1.38. The van der Waals surface area contributed by atoms with E-state index in [4.69, 9.17) is 15.8 Å². The third-order valence-electron chi connectivity index (χ3n) is 1.58. The third-order valence-corrected chi connectivity index (χ3v) is 1.58. The van der Waals surface area contributed by atoms with Gasteiger partial charge in [0.1, 0.15) is 0 Å². The van der Waals surface area contributed by atoms with Gasteiger partial charge >= 0.3 is 7.12 Å². The minimum Gasteiger partial charge on any atom is -0.426 e. The molecule has 0 fully saturated rings. The van der Waals surface area contributed by atoms with Crippen molar-refractivity contribution in [2.75, 3.05) is 0 Å². The summed E-state index contributed by atoms with van der Waals surface area (Å²) in [6.07, 6.45) is 5.41. The van der Waals surface area contributed by atoms with Crippen molar-refractivity contribution in [3.05, 3.63) is 12.7 Å². The molecular formula is C7H17BClNO2. The molecule has 0 saturated heterocycles. The molecule has 0 spiro atoms. The molecule has 0 heterocycles. The van der Waals surface area contributed by atoms with Crippen LogP contribution in [0.25, 0.3) is 0 Å². The summed E-state index contributed by atoms with van der Waals surface area (Å²) in [5.41, 5.74) is 5.37. The molecule has 72 valence electrons. The Balaban J connectivity index is 0. The second-order valence-electron chi connectivity index (χ2n) is 2.65. The Morgan fingerprint density at radius 3 is 2.42 bits per heavy atom. The zero-order chi connectivity index (χ0) is 8.69. The van der Waals surface area contributed by atoms with E-state index in [2.05, 4.69) is 6.58 Å². The van der Waals surface area contributed by atoms with Crippen LogP contribution in [-0.4, -0.2) is 23.1 Å². The van der Waals surface area contributed by atoms with Crippen LogP contribution in [0.4, 0.5) is 0 Å². The molecule has 1 atom stereocenters. The molecule has 3 nitrogen and oxygen atoms in total. The van der Waals surface area contributed by atoms with Gasteiger partial charge in [0, 0.05) is 5.94 Å². The molecule has 0 saturated carbocycles. The van der Waals surface area contributed by atoms with Crippen LogP contribution in [0.1, 0.15) is 25.7 Å². The molecule has 0 aliphatic heterocycles. The summed E-state index contributed by atoms with van der Waals surface area (Å²) < 4.78 is 0. The zero-order valence-corrected chi connectivity index (χ0v) is 7.96. The fourth-order valence-electron chi connectivity index (χ4n) is 0.818. The molecular weight excluding hydrogens is 176 g/mol. The molecule has 0 radical (unpaired) electrons. The summed E-state index contributed by atoms with van der Waals surface area (Å²) in [5.74, 6) is -0.500. The van der Waals surface area contributed by atoms with E-state index < -0.39 is 13.1 Å². The quantitative estimate of drug-likeness (QED) is 0.327. The van der Waals surface area contributed by atoms with Gasteiger partial charge in [0.25, 0.3) is 0 Å². The van der Waals surface area contributed by atoms with Gasteiger partial charge in [-0.05, 0) is 19.3 Å². The topological polar surface area (TPSA) is 66.5 Å². The minimum atomic E-state index is -1.38. The number of hydrogen-bond donors (Lipinski definition) is 3. The van der Waals surface area contributed by atoms with Gasteiger partial charge in [-0.25, -0.2) is 0 Å². The van der Waals surface area contributed by atoms with E-state index in [1.807, 2.05) is 6.08 Å². The van der Waals surface area contributed by atoms with Gasteiger partial charge in [0.15, 0.2) is 0 Å². The summed E-state index contributed by atoms with van der Waals surface area (Å²) in [6, 6.07) is 0. The fourth-order valence-corrected chi connectivity index (χ4v) is 0.818. The van der Waals surface area contributed by atoms with Crippen molar-refractivity contribution in [3.8, 4) is 0 Å². The summed E-state index contributed by atoms with van der Waals surface area (Å²) >= 11 is 0. The maximum atomic E-state index is 8.59. The normalized spacial score (nSPS) is 11.6. The predicted molar refractivity (Wildman–Crippen MR) is 54.1 cm³/mol. The standard InChI is InChI=1S/C7H16BNO2.ClH/c1-2-3-4-5-6-7(9)8(10)11;/h2,7,10-11H,1,3-6,9H2;1H/t7-;/m1./s1. The van der Waals surface area contributed by atoms with Crippen LogP contribution >= 0.6 is 12.4 Å². The fraction of sp³-hybridized carbons (Fsp3) is 0.714. The van der Waals surface area contributed by atoms with Crippen molar-refractivity contribution in [1.29, 1.82) is 0 Å². The Kier molecular flexibility index (Phi) is 11.0. The van der Waals surface area contributed by atoms with E-state index in [1.165, 1.54) is 0 Å². The van der Waals surface area contributed by atoms with Crippen molar-refractivity contribution in [2.45, 2.75) is 31.6 Å². The third kappa shape index (κ3) is 8.08. The molecule has 12 heavy (non-hydrogen) atoms. The van der Waals surface area contributed by atoms with Crippen LogP contribution in [0.2, 0.25) is 0 Å². The first-order valence-electron chi connectivity index (χ1n) is 3.91. The van der Waals surface area contributed by atoms with Crippen molar-refractivity contribution < 1.29 is 10.0 Å². The highest BCUT2D eigenvalue weighted by Crippen LogP contribution is 2.02. The number of hydrogen-bond acceptors (Lipinski definition) is 3. The van der Waals surface area contributed by atoms with Gasteiger partial charge in [-0.3, -0.25) is 0 Å². The average Bonchev–Trinajstić information content (AvgIpc) is 1.97. The van der Waals surface area contributed by atoms with Crippen LogP contribution < -0.4 is 5.73 Å². The summed E-state index contributed by atoms with van der Waals surface area (Å²) in [6.45, 7) is 3.58. The van der Waals surface area contributed by atoms with Crippen molar-refractivity contribution in [1.82, 2.24) is 0 Å². The Hall–Kier alpha value is -0.0251. The molecule has 0 amide bonds. The van der Waals surface area contributed by atoms with Gasteiger partial charge < -0.3 is 15.8 Å². The maximum Gasteiger partial charge on any atom is 0.469 e. The Labute approximate surface area is 80.2 Å². The highest BCUT2D eigenvalue weighted by molar-refractivity contribution is 6.43. The van der Waals surface area contributed by atoms with Gasteiger partial charge in [0.05, 0.1) is 0 Å². The second-order valence-corrected chi connectivity index (χ2v) is 2.65. The van der Waals surface area contributed by atoms with Gasteiger partial charge in [-0.15, -0.1) is 19.0 Å². The first-order valence-corrected chi connectivity index (χ1v) is 3.91. The number of allylic oxidation sites excluding steroid dienone is 1. The van der Waals surface area contributed by atoms with Gasteiger partial charge in [-0.2, -0.15) is 0 Å². The average molecular weight is 193 g/mol. The molecule has 0 aliphatic rings. The number of rotatable bonds is 6. The molecule has 0 unspecified atom stereocenters. The summed E-state index contributed by atoms with van der Waals surface area (Å²) in [5, 5.41) is 17.2. The first-order chi connectivity index (χ1) is 5.18. The molecule has 0 bridgehead atoms. The van der Waals surface area contributed by atoms with Crippen LogP contribution in [-0.2, 0) is 0 Å². The highest BCUT2D eigenvalue weighted by atomic mass is 35.5. The number of unbranched alkanes of at least 4 members (excludes halogenated alkanes) is 2. The lowest BCUT2D eigenvalue weighted by molar-refractivity contribution is 0.380. The van der Waals surface area contributed by atoms with Gasteiger partial charge in [-0.1, -0.05) is 12.5 Å². The monoisotopic (exact) mass is 193 g/mol. The van der Waals surface area contributed by atoms with Crippen molar-refractivity contribution in [3.63, 3.8) is 0 Å². The lowest BCUT2D eigenvalue weighted by Crippen LogP contribution is -2.38. The van der Waals surface area contributed by atoms with Crippen LogP contribution in [0.5, 0.6) is 0 Å². The molecule has 0 aromatic heterocycles. The number of nitrogens with two attached hydrogens (primary N) is 1. The molecule has 0 rings (SSSR count). The van der Waals surface area contributed by atoms with E-state index in [-0.39, 0.29) is 12.4 Å². The molecule has 0 aromatic rings.